The third kappa shape index (κ3) is 6.85. The Kier molecular flexibility index (Phi) is 7.94. The molecule has 0 bridgehead atoms. The molecule has 0 aromatic heterocycles. The van der Waals surface area contributed by atoms with Crippen molar-refractivity contribution >= 4 is 21.7 Å². The predicted octanol–water partition coefficient (Wildman–Crippen LogP) is 2.95. The van der Waals surface area contributed by atoms with Crippen molar-refractivity contribution in [3.8, 4) is 0 Å². The summed E-state index contributed by atoms with van der Waals surface area (Å²) in [6.07, 6.45) is 2.69. The van der Waals surface area contributed by atoms with E-state index >= 15 is 0 Å². The fourth-order valence-electron chi connectivity index (χ4n) is 1.93. The van der Waals surface area contributed by atoms with E-state index in [-0.39, 0.29) is 5.78 Å². The molecule has 0 saturated heterocycles. The highest BCUT2D eigenvalue weighted by molar-refractivity contribution is 9.10. The van der Waals surface area contributed by atoms with E-state index in [1.807, 2.05) is 31.3 Å². The van der Waals surface area contributed by atoms with Crippen LogP contribution in [0.2, 0.25) is 0 Å². The Morgan fingerprint density at radius 1 is 1.21 bits per heavy atom. The number of ketones is 1. The van der Waals surface area contributed by atoms with Gasteiger partial charge in [-0.25, -0.2) is 0 Å². The number of carbonyl (C=O) groups is 1. The van der Waals surface area contributed by atoms with Gasteiger partial charge in [-0.1, -0.05) is 28.1 Å². The molecule has 0 amide bonds. The number of carbonyl (C=O) groups excluding carboxylic acids is 1. The fraction of sp³-hybridized carbons (Fsp3) is 0.533. The fourth-order valence-corrected chi connectivity index (χ4v) is 2.19. The number of rotatable bonds is 9. The normalized spacial score (nSPS) is 10.9. The molecule has 0 atom stereocenters. The summed E-state index contributed by atoms with van der Waals surface area (Å²) < 4.78 is 1.01. The van der Waals surface area contributed by atoms with Gasteiger partial charge >= 0.3 is 0 Å². The average Bonchev–Trinajstić information content (AvgIpc) is 2.39. The molecule has 106 valence electrons. The van der Waals surface area contributed by atoms with Gasteiger partial charge in [0.15, 0.2) is 5.78 Å². The number of nitrogens with one attached hydrogen (secondary N) is 1. The maximum absolute atomic E-state index is 12.0. The second-order valence-electron chi connectivity index (χ2n) is 4.79. The van der Waals surface area contributed by atoms with Gasteiger partial charge < -0.3 is 10.2 Å². The zero-order valence-corrected chi connectivity index (χ0v) is 13.4. The maximum Gasteiger partial charge on any atom is 0.162 e. The van der Waals surface area contributed by atoms with Crippen LogP contribution in [-0.4, -0.2) is 44.4 Å². The zero-order chi connectivity index (χ0) is 14.1. The Labute approximate surface area is 124 Å². The van der Waals surface area contributed by atoms with E-state index < -0.39 is 0 Å². The molecule has 1 aromatic rings. The first kappa shape index (κ1) is 16.3. The van der Waals surface area contributed by atoms with Crippen molar-refractivity contribution in [3.63, 3.8) is 0 Å². The lowest BCUT2D eigenvalue weighted by atomic mass is 10.1. The minimum absolute atomic E-state index is 0.233. The zero-order valence-electron chi connectivity index (χ0n) is 11.8. The highest BCUT2D eigenvalue weighted by Gasteiger charge is 2.06. The highest BCUT2D eigenvalue weighted by atomic mass is 79.9. The Hall–Kier alpha value is -0.710. The van der Waals surface area contributed by atoms with Crippen LogP contribution in [0, 0.1) is 0 Å². The Bertz CT molecular complexity index is 378. The first-order valence-corrected chi connectivity index (χ1v) is 7.54. The van der Waals surface area contributed by atoms with Crippen molar-refractivity contribution in [1.29, 1.82) is 0 Å². The van der Waals surface area contributed by atoms with Crippen LogP contribution >= 0.6 is 15.9 Å². The molecule has 0 spiro atoms. The monoisotopic (exact) mass is 326 g/mol. The molecule has 0 fully saturated rings. The highest BCUT2D eigenvalue weighted by Crippen LogP contribution is 2.12. The van der Waals surface area contributed by atoms with Crippen molar-refractivity contribution in [2.75, 3.05) is 33.7 Å². The number of hydrogen-bond donors (Lipinski definition) is 1. The summed E-state index contributed by atoms with van der Waals surface area (Å²) in [4.78, 5) is 14.2. The lowest BCUT2D eigenvalue weighted by molar-refractivity contribution is 0.0976. The van der Waals surface area contributed by atoms with Crippen LogP contribution in [0.1, 0.15) is 29.6 Å². The van der Waals surface area contributed by atoms with Gasteiger partial charge in [-0.3, -0.25) is 4.79 Å². The SMILES string of the molecule is CNCCCN(C)CCCC(=O)c1ccc(Br)cc1. The average molecular weight is 327 g/mol. The third-order valence-electron chi connectivity index (χ3n) is 3.08. The molecule has 0 saturated carbocycles. The largest absolute Gasteiger partial charge is 0.320 e. The quantitative estimate of drug-likeness (QED) is 0.559. The molecule has 0 aliphatic heterocycles. The molecule has 0 aliphatic carbocycles. The van der Waals surface area contributed by atoms with Crippen LogP contribution in [0.3, 0.4) is 0 Å². The summed E-state index contributed by atoms with van der Waals surface area (Å²) in [6, 6.07) is 7.58. The molecule has 19 heavy (non-hydrogen) atoms. The Morgan fingerprint density at radius 2 is 1.84 bits per heavy atom. The summed E-state index contributed by atoms with van der Waals surface area (Å²) >= 11 is 3.37. The van der Waals surface area contributed by atoms with Crippen molar-refractivity contribution in [1.82, 2.24) is 10.2 Å². The van der Waals surface area contributed by atoms with E-state index in [2.05, 4.69) is 33.2 Å². The smallest absolute Gasteiger partial charge is 0.162 e. The molecule has 1 aromatic carbocycles. The van der Waals surface area contributed by atoms with E-state index in [0.717, 1.165) is 42.5 Å². The van der Waals surface area contributed by atoms with Crippen LogP contribution in [0.25, 0.3) is 0 Å². The predicted molar refractivity (Wildman–Crippen MR) is 83.7 cm³/mol. The summed E-state index contributed by atoms with van der Waals surface area (Å²) in [5.74, 6) is 0.233. The molecular weight excluding hydrogens is 304 g/mol. The van der Waals surface area contributed by atoms with Crippen LogP contribution in [0.5, 0.6) is 0 Å². The topological polar surface area (TPSA) is 32.3 Å². The van der Waals surface area contributed by atoms with Crippen molar-refractivity contribution in [2.45, 2.75) is 19.3 Å². The molecule has 0 aliphatic rings. The minimum Gasteiger partial charge on any atom is -0.320 e. The number of halogens is 1. The van der Waals surface area contributed by atoms with Gasteiger partial charge in [0.05, 0.1) is 0 Å². The first-order chi connectivity index (χ1) is 9.13. The third-order valence-corrected chi connectivity index (χ3v) is 3.61. The molecule has 1 rings (SSSR count). The molecular formula is C15H23BrN2O. The van der Waals surface area contributed by atoms with Gasteiger partial charge in [-0.2, -0.15) is 0 Å². The lowest BCUT2D eigenvalue weighted by Gasteiger charge is -2.15. The first-order valence-electron chi connectivity index (χ1n) is 6.75. The van der Waals surface area contributed by atoms with Crippen LogP contribution in [0.4, 0.5) is 0 Å². The minimum atomic E-state index is 0.233. The number of Topliss-reactive ketones (excluding diaryl/α,β-unsaturated/α-hetero) is 1. The Balaban J connectivity index is 2.21. The molecule has 0 unspecified atom stereocenters. The van der Waals surface area contributed by atoms with Crippen molar-refractivity contribution in [3.05, 3.63) is 34.3 Å². The number of nitrogens with zero attached hydrogens (tertiary/aromatic N) is 1. The van der Waals surface area contributed by atoms with Gasteiger partial charge in [-0.15, -0.1) is 0 Å². The van der Waals surface area contributed by atoms with E-state index in [4.69, 9.17) is 0 Å². The van der Waals surface area contributed by atoms with Crippen LogP contribution in [0.15, 0.2) is 28.7 Å². The molecule has 0 heterocycles. The second kappa shape index (κ2) is 9.23. The van der Waals surface area contributed by atoms with Gasteiger partial charge in [0.2, 0.25) is 0 Å². The van der Waals surface area contributed by atoms with Crippen LogP contribution < -0.4 is 5.32 Å². The summed E-state index contributed by atoms with van der Waals surface area (Å²) in [6.45, 7) is 3.10. The van der Waals surface area contributed by atoms with E-state index in [9.17, 15) is 4.79 Å². The van der Waals surface area contributed by atoms with Gasteiger partial charge in [0, 0.05) is 16.5 Å². The van der Waals surface area contributed by atoms with Crippen LogP contribution in [-0.2, 0) is 0 Å². The van der Waals surface area contributed by atoms with E-state index in [0.29, 0.717) is 6.42 Å². The maximum atomic E-state index is 12.0. The lowest BCUT2D eigenvalue weighted by Crippen LogP contribution is -2.24. The number of hydrogen-bond acceptors (Lipinski definition) is 3. The van der Waals surface area contributed by atoms with Gasteiger partial charge in [0.25, 0.3) is 0 Å². The summed E-state index contributed by atoms with van der Waals surface area (Å²) in [5.41, 5.74) is 0.807. The van der Waals surface area contributed by atoms with E-state index in [1.165, 1.54) is 0 Å². The van der Waals surface area contributed by atoms with Crippen molar-refractivity contribution < 1.29 is 4.79 Å². The van der Waals surface area contributed by atoms with Gasteiger partial charge in [-0.05, 0) is 58.7 Å². The summed E-state index contributed by atoms with van der Waals surface area (Å²) in [5, 5.41) is 3.14. The van der Waals surface area contributed by atoms with E-state index in [1.54, 1.807) is 0 Å². The number of benzene rings is 1. The standard InChI is InChI=1S/C15H23BrN2O/c1-17-10-4-12-18(2)11-3-5-15(19)13-6-8-14(16)9-7-13/h6-9,17H,3-5,10-12H2,1-2H3. The Morgan fingerprint density at radius 3 is 2.47 bits per heavy atom. The molecule has 0 radical (unpaired) electrons. The molecule has 3 nitrogen and oxygen atoms in total. The summed E-state index contributed by atoms with van der Waals surface area (Å²) in [7, 11) is 4.08. The molecule has 1 N–H and O–H groups in total. The molecule has 4 heteroatoms. The van der Waals surface area contributed by atoms with Gasteiger partial charge in [0.1, 0.15) is 0 Å². The second-order valence-corrected chi connectivity index (χ2v) is 5.71. The van der Waals surface area contributed by atoms with Crippen molar-refractivity contribution in [2.24, 2.45) is 0 Å².